The lowest BCUT2D eigenvalue weighted by atomic mass is 10.0. The molecule has 0 aliphatic heterocycles. The Kier molecular flexibility index (Phi) is 3.94. The number of aliphatic hydroxyl groups excluding tert-OH is 1. The third-order valence-corrected chi connectivity index (χ3v) is 2.02. The zero-order chi connectivity index (χ0) is 13.2. The van der Waals surface area contributed by atoms with E-state index in [1.165, 1.54) is 6.92 Å². The summed E-state index contributed by atoms with van der Waals surface area (Å²) >= 11 is 0. The number of nitrogens with two attached hydrogens (primary N) is 1. The number of ether oxygens (including phenoxy) is 1. The van der Waals surface area contributed by atoms with Gasteiger partial charge < -0.3 is 15.6 Å². The largest absolute Gasteiger partial charge is 0.573 e. The third-order valence-electron chi connectivity index (χ3n) is 2.02. The second kappa shape index (κ2) is 4.89. The molecule has 0 aliphatic carbocycles. The van der Waals surface area contributed by atoms with E-state index in [0.717, 1.165) is 18.2 Å². The molecule has 96 valence electrons. The molecule has 0 spiro atoms. The smallest absolute Gasteiger partial charge is 0.403 e. The van der Waals surface area contributed by atoms with E-state index in [4.69, 9.17) is 5.73 Å². The van der Waals surface area contributed by atoms with Crippen LogP contribution >= 0.6 is 0 Å². The zero-order valence-corrected chi connectivity index (χ0v) is 8.83. The average molecular weight is 253 g/mol. The molecule has 17 heavy (non-hydrogen) atoms. The molecule has 3 N–H and O–H groups in total. The van der Waals surface area contributed by atoms with Gasteiger partial charge in [-0.3, -0.25) is 0 Å². The fraction of sp³-hybridized carbons (Fsp3) is 0.400. The highest BCUT2D eigenvalue weighted by molar-refractivity contribution is 5.31. The summed E-state index contributed by atoms with van der Waals surface area (Å²) in [5, 5.41) is 9.49. The van der Waals surface area contributed by atoms with Crippen LogP contribution in [0.3, 0.4) is 0 Å². The van der Waals surface area contributed by atoms with Crippen LogP contribution in [-0.2, 0) is 0 Å². The van der Waals surface area contributed by atoms with E-state index in [1.54, 1.807) is 0 Å². The minimum absolute atomic E-state index is 0.0898. The fourth-order valence-corrected chi connectivity index (χ4v) is 1.21. The van der Waals surface area contributed by atoms with Gasteiger partial charge in [-0.1, -0.05) is 6.07 Å². The minimum atomic E-state index is -4.96. The van der Waals surface area contributed by atoms with Gasteiger partial charge in [0.25, 0.3) is 0 Å². The van der Waals surface area contributed by atoms with Crippen molar-refractivity contribution >= 4 is 0 Å². The van der Waals surface area contributed by atoms with Crippen molar-refractivity contribution in [3.8, 4) is 5.75 Å². The predicted molar refractivity (Wildman–Crippen MR) is 51.7 cm³/mol. The minimum Gasteiger partial charge on any atom is -0.403 e. The van der Waals surface area contributed by atoms with E-state index in [2.05, 4.69) is 4.74 Å². The molecule has 0 heterocycles. The second-order valence-electron chi connectivity index (χ2n) is 3.54. The summed E-state index contributed by atoms with van der Waals surface area (Å²) in [5.74, 6) is -2.15. The molecule has 7 heteroatoms. The number of hydrogen-bond donors (Lipinski definition) is 2. The molecule has 0 amide bonds. The highest BCUT2D eigenvalue weighted by Crippen LogP contribution is 2.28. The Morgan fingerprint density at radius 1 is 1.35 bits per heavy atom. The second-order valence-corrected chi connectivity index (χ2v) is 3.54. The summed E-state index contributed by atoms with van der Waals surface area (Å²) in [6.45, 7) is 1.49. The molecule has 1 aromatic rings. The van der Waals surface area contributed by atoms with Crippen LogP contribution < -0.4 is 10.5 Å². The van der Waals surface area contributed by atoms with Crippen LogP contribution in [0.4, 0.5) is 17.6 Å². The van der Waals surface area contributed by atoms with Gasteiger partial charge in [-0.25, -0.2) is 4.39 Å². The molecule has 0 saturated carbocycles. The Hall–Kier alpha value is -1.34. The fourth-order valence-electron chi connectivity index (χ4n) is 1.21. The van der Waals surface area contributed by atoms with E-state index in [1.807, 2.05) is 0 Å². The van der Waals surface area contributed by atoms with E-state index >= 15 is 0 Å². The Labute approximate surface area is 94.8 Å². The lowest BCUT2D eigenvalue weighted by Crippen LogP contribution is -2.24. The van der Waals surface area contributed by atoms with Gasteiger partial charge in [0.05, 0.1) is 6.10 Å². The first kappa shape index (κ1) is 13.7. The Morgan fingerprint density at radius 3 is 2.35 bits per heavy atom. The molecule has 0 aromatic heterocycles. The zero-order valence-electron chi connectivity index (χ0n) is 8.83. The van der Waals surface area contributed by atoms with Gasteiger partial charge >= 0.3 is 6.36 Å². The van der Waals surface area contributed by atoms with Crippen LogP contribution in [-0.4, -0.2) is 17.5 Å². The van der Waals surface area contributed by atoms with Crippen molar-refractivity contribution in [3.63, 3.8) is 0 Å². The number of alkyl halides is 3. The van der Waals surface area contributed by atoms with E-state index < -0.39 is 30.1 Å². The van der Waals surface area contributed by atoms with Gasteiger partial charge in [0.1, 0.15) is 0 Å². The maximum atomic E-state index is 13.2. The van der Waals surface area contributed by atoms with Crippen LogP contribution in [0.2, 0.25) is 0 Å². The van der Waals surface area contributed by atoms with Crippen molar-refractivity contribution in [2.24, 2.45) is 5.73 Å². The number of rotatable bonds is 3. The van der Waals surface area contributed by atoms with Crippen LogP contribution in [0.1, 0.15) is 18.6 Å². The van der Waals surface area contributed by atoms with E-state index in [9.17, 15) is 22.7 Å². The number of benzene rings is 1. The molecule has 2 atom stereocenters. The molecule has 0 unspecified atom stereocenters. The Morgan fingerprint density at radius 2 is 1.94 bits per heavy atom. The summed E-state index contributed by atoms with van der Waals surface area (Å²) in [6.07, 6.45) is -6.10. The lowest BCUT2D eigenvalue weighted by Gasteiger charge is -2.16. The topological polar surface area (TPSA) is 55.5 Å². The molecule has 1 rings (SSSR count). The molecule has 3 nitrogen and oxygen atoms in total. The molecule has 0 fully saturated rings. The Balaban J connectivity index is 2.94. The summed E-state index contributed by atoms with van der Waals surface area (Å²) in [6, 6.07) is 2.01. The predicted octanol–water partition coefficient (Wildman–Crippen LogP) is 2.10. The van der Waals surface area contributed by atoms with Gasteiger partial charge in [-0.05, 0) is 24.6 Å². The van der Waals surface area contributed by atoms with Gasteiger partial charge in [-0.2, -0.15) is 0 Å². The first-order valence-electron chi connectivity index (χ1n) is 4.69. The van der Waals surface area contributed by atoms with Crippen molar-refractivity contribution < 1.29 is 27.4 Å². The van der Waals surface area contributed by atoms with Crippen molar-refractivity contribution in [2.45, 2.75) is 25.4 Å². The lowest BCUT2D eigenvalue weighted by molar-refractivity contribution is -0.275. The number of hydrogen-bond acceptors (Lipinski definition) is 3. The standard InChI is InChI=1S/C10H11F4NO2/c1-5(15)9(16)6-2-3-8(7(11)4-6)17-10(12,13)14/h2-5,9,16H,15H2,1H3/t5-,9-/m1/s1. The maximum absolute atomic E-state index is 13.2. The van der Waals surface area contributed by atoms with Gasteiger partial charge in [0.2, 0.25) is 0 Å². The van der Waals surface area contributed by atoms with Crippen molar-refractivity contribution in [1.29, 1.82) is 0 Å². The first-order chi connectivity index (χ1) is 7.70. The van der Waals surface area contributed by atoms with Crippen LogP contribution in [0.25, 0.3) is 0 Å². The van der Waals surface area contributed by atoms with Gasteiger partial charge in [-0.15, -0.1) is 13.2 Å². The quantitative estimate of drug-likeness (QED) is 0.811. The third kappa shape index (κ3) is 3.86. The normalized spacial score (nSPS) is 15.5. The summed E-state index contributed by atoms with van der Waals surface area (Å²) in [4.78, 5) is 0. The summed E-state index contributed by atoms with van der Waals surface area (Å²) < 4.78 is 52.2. The van der Waals surface area contributed by atoms with Gasteiger partial charge in [0, 0.05) is 6.04 Å². The molecular weight excluding hydrogens is 242 g/mol. The van der Waals surface area contributed by atoms with E-state index in [0.29, 0.717) is 0 Å². The van der Waals surface area contributed by atoms with Crippen molar-refractivity contribution in [2.75, 3.05) is 0 Å². The average Bonchev–Trinajstić information content (AvgIpc) is 2.18. The monoisotopic (exact) mass is 253 g/mol. The highest BCUT2D eigenvalue weighted by Gasteiger charge is 2.32. The molecule has 0 saturated heterocycles. The van der Waals surface area contributed by atoms with Gasteiger partial charge in [0.15, 0.2) is 11.6 Å². The maximum Gasteiger partial charge on any atom is 0.573 e. The number of aliphatic hydroxyl groups is 1. The first-order valence-corrected chi connectivity index (χ1v) is 4.69. The van der Waals surface area contributed by atoms with Crippen LogP contribution in [0.5, 0.6) is 5.75 Å². The van der Waals surface area contributed by atoms with Crippen LogP contribution in [0, 0.1) is 5.82 Å². The van der Waals surface area contributed by atoms with Crippen LogP contribution in [0.15, 0.2) is 18.2 Å². The summed E-state index contributed by atoms with van der Waals surface area (Å²) in [5.41, 5.74) is 5.46. The Bertz CT molecular complexity index is 392. The molecule has 0 radical (unpaired) electrons. The SMILES string of the molecule is C[C@@H](N)[C@@H](O)c1ccc(OC(F)(F)F)c(F)c1. The highest BCUT2D eigenvalue weighted by atomic mass is 19.4. The van der Waals surface area contributed by atoms with E-state index in [-0.39, 0.29) is 5.56 Å². The van der Waals surface area contributed by atoms with Crippen molar-refractivity contribution in [1.82, 2.24) is 0 Å². The molecule has 0 aliphatic rings. The summed E-state index contributed by atoms with van der Waals surface area (Å²) in [7, 11) is 0. The van der Waals surface area contributed by atoms with Crippen molar-refractivity contribution in [3.05, 3.63) is 29.6 Å². The number of halogens is 4. The molecular formula is C10H11F4NO2. The molecule has 0 bridgehead atoms. The molecule has 1 aromatic carbocycles.